The minimum absolute atomic E-state index is 0.203. The Bertz CT molecular complexity index is 1230. The van der Waals surface area contributed by atoms with Gasteiger partial charge in [0.2, 0.25) is 0 Å². The molecular weight excluding hydrogens is 448 g/mol. The highest BCUT2D eigenvalue weighted by Gasteiger charge is 2.22. The van der Waals surface area contributed by atoms with Crippen LogP contribution in [0.2, 0.25) is 5.02 Å². The highest BCUT2D eigenvalue weighted by atomic mass is 35.5. The second-order valence-electron chi connectivity index (χ2n) is 9.33. The van der Waals surface area contributed by atoms with Gasteiger partial charge in [0.15, 0.2) is 0 Å². The van der Waals surface area contributed by atoms with E-state index < -0.39 is 0 Å². The fourth-order valence-corrected chi connectivity index (χ4v) is 4.97. The van der Waals surface area contributed by atoms with Crippen molar-refractivity contribution in [1.29, 1.82) is 0 Å². The standard InChI is InChI=1S/C27H35ClN4O2/c1-3-4-5-6-10-13-31-26(33)25-23(30-16-14-29(2)15-17-30)18-22(28)19-24(25)32(27(31)34)20-21-11-8-7-9-12-21/h7-9,11-12,18-19H,3-6,10,13-17,20H2,1-2H3. The molecule has 1 aliphatic rings. The minimum Gasteiger partial charge on any atom is -0.368 e. The number of anilines is 1. The number of unbranched alkanes of at least 4 members (excludes halogenated alkanes) is 4. The lowest BCUT2D eigenvalue weighted by Gasteiger charge is -2.34. The van der Waals surface area contributed by atoms with Crippen molar-refractivity contribution in [3.63, 3.8) is 0 Å². The lowest BCUT2D eigenvalue weighted by atomic mass is 10.1. The summed E-state index contributed by atoms with van der Waals surface area (Å²) in [6.45, 7) is 6.50. The van der Waals surface area contributed by atoms with Gasteiger partial charge in [-0.3, -0.25) is 13.9 Å². The molecule has 0 unspecified atom stereocenters. The molecule has 0 bridgehead atoms. The number of aromatic nitrogens is 2. The molecule has 6 nitrogen and oxygen atoms in total. The molecule has 3 aromatic rings. The van der Waals surface area contributed by atoms with Gasteiger partial charge in [-0.05, 0) is 31.2 Å². The van der Waals surface area contributed by atoms with Gasteiger partial charge in [-0.1, -0.05) is 74.5 Å². The van der Waals surface area contributed by atoms with Gasteiger partial charge in [-0.25, -0.2) is 4.79 Å². The summed E-state index contributed by atoms with van der Waals surface area (Å²) in [5, 5.41) is 1.14. The van der Waals surface area contributed by atoms with Gasteiger partial charge >= 0.3 is 5.69 Å². The third kappa shape index (κ3) is 5.39. The van der Waals surface area contributed by atoms with E-state index >= 15 is 0 Å². The summed E-state index contributed by atoms with van der Waals surface area (Å²) >= 11 is 6.56. The Hall–Kier alpha value is -2.57. The summed E-state index contributed by atoms with van der Waals surface area (Å²) in [7, 11) is 2.11. The van der Waals surface area contributed by atoms with Gasteiger partial charge in [0, 0.05) is 37.7 Å². The second kappa shape index (κ2) is 11.2. The number of fused-ring (bicyclic) bond motifs is 1. The molecule has 1 fully saturated rings. The van der Waals surface area contributed by atoms with Crippen molar-refractivity contribution in [2.75, 3.05) is 38.1 Å². The van der Waals surface area contributed by atoms with Crippen molar-refractivity contribution in [2.45, 2.75) is 52.1 Å². The van der Waals surface area contributed by atoms with Crippen LogP contribution in [-0.2, 0) is 13.1 Å². The fraction of sp³-hybridized carbons (Fsp3) is 0.481. The summed E-state index contributed by atoms with van der Waals surface area (Å²) in [6, 6.07) is 13.6. The smallest absolute Gasteiger partial charge is 0.331 e. The number of likely N-dealkylation sites (N-methyl/N-ethyl adjacent to an activating group) is 1. The molecule has 7 heteroatoms. The number of benzene rings is 2. The van der Waals surface area contributed by atoms with Crippen LogP contribution >= 0.6 is 11.6 Å². The summed E-state index contributed by atoms with van der Waals surface area (Å²) in [6.07, 6.45) is 5.30. The van der Waals surface area contributed by atoms with Crippen molar-refractivity contribution in [2.24, 2.45) is 0 Å². The molecule has 4 rings (SSSR count). The molecule has 0 aliphatic carbocycles. The average molecular weight is 483 g/mol. The second-order valence-corrected chi connectivity index (χ2v) is 9.77. The monoisotopic (exact) mass is 482 g/mol. The highest BCUT2D eigenvalue weighted by Crippen LogP contribution is 2.29. The van der Waals surface area contributed by atoms with Crippen molar-refractivity contribution < 1.29 is 0 Å². The molecule has 2 aromatic carbocycles. The maximum absolute atomic E-state index is 13.8. The van der Waals surface area contributed by atoms with Gasteiger partial charge in [0.1, 0.15) is 0 Å². The molecule has 1 saturated heterocycles. The first-order chi connectivity index (χ1) is 16.5. The third-order valence-electron chi connectivity index (χ3n) is 6.79. The Morgan fingerprint density at radius 1 is 0.882 bits per heavy atom. The van der Waals surface area contributed by atoms with Crippen molar-refractivity contribution in [3.8, 4) is 0 Å². The Morgan fingerprint density at radius 3 is 2.29 bits per heavy atom. The molecule has 0 spiro atoms. The van der Waals surface area contributed by atoms with E-state index in [0.29, 0.717) is 29.0 Å². The maximum Gasteiger partial charge on any atom is 0.331 e. The first-order valence-corrected chi connectivity index (χ1v) is 12.8. The van der Waals surface area contributed by atoms with Crippen LogP contribution in [-0.4, -0.2) is 47.3 Å². The number of hydrogen-bond donors (Lipinski definition) is 0. The summed E-state index contributed by atoms with van der Waals surface area (Å²) in [5.41, 5.74) is 2.00. The molecule has 1 aliphatic heterocycles. The number of halogens is 1. The fourth-order valence-electron chi connectivity index (χ4n) is 4.77. The van der Waals surface area contributed by atoms with Crippen LogP contribution in [0.3, 0.4) is 0 Å². The quantitative estimate of drug-likeness (QED) is 0.419. The van der Waals surface area contributed by atoms with Gasteiger partial charge in [0.25, 0.3) is 5.56 Å². The van der Waals surface area contributed by atoms with Gasteiger partial charge in [0.05, 0.1) is 23.1 Å². The first kappa shape index (κ1) is 24.6. The molecule has 0 atom stereocenters. The molecular formula is C27H35ClN4O2. The van der Waals surface area contributed by atoms with Crippen molar-refractivity contribution >= 4 is 28.2 Å². The van der Waals surface area contributed by atoms with E-state index in [2.05, 4.69) is 23.8 Å². The molecule has 34 heavy (non-hydrogen) atoms. The van der Waals surface area contributed by atoms with Crippen LogP contribution in [0.5, 0.6) is 0 Å². The van der Waals surface area contributed by atoms with Crippen molar-refractivity contribution in [3.05, 3.63) is 73.9 Å². The Morgan fingerprint density at radius 2 is 1.59 bits per heavy atom. The SMILES string of the molecule is CCCCCCCn1c(=O)c2c(N3CCN(C)CC3)cc(Cl)cc2n(Cc2ccccc2)c1=O. The largest absolute Gasteiger partial charge is 0.368 e. The van der Waals surface area contributed by atoms with E-state index in [1.54, 1.807) is 10.6 Å². The number of hydrogen-bond acceptors (Lipinski definition) is 4. The topological polar surface area (TPSA) is 50.5 Å². The molecule has 0 saturated carbocycles. The third-order valence-corrected chi connectivity index (χ3v) is 7.00. The van der Waals surface area contributed by atoms with Gasteiger partial charge < -0.3 is 9.80 Å². The average Bonchev–Trinajstić information content (AvgIpc) is 2.84. The van der Waals surface area contributed by atoms with Crippen LogP contribution in [0.25, 0.3) is 10.9 Å². The van der Waals surface area contributed by atoms with Crippen LogP contribution < -0.4 is 16.1 Å². The van der Waals surface area contributed by atoms with E-state index in [1.165, 1.54) is 11.0 Å². The van der Waals surface area contributed by atoms with E-state index in [4.69, 9.17) is 11.6 Å². The predicted octanol–water partition coefficient (Wildman–Crippen LogP) is 4.59. The van der Waals surface area contributed by atoms with Gasteiger partial charge in [-0.2, -0.15) is 0 Å². The molecule has 182 valence electrons. The number of rotatable bonds is 9. The van der Waals surface area contributed by atoms with Crippen LogP contribution in [0.4, 0.5) is 5.69 Å². The number of piperazine rings is 1. The molecule has 1 aromatic heterocycles. The first-order valence-electron chi connectivity index (χ1n) is 12.4. The number of nitrogens with zero attached hydrogens (tertiary/aromatic N) is 4. The van der Waals surface area contributed by atoms with E-state index in [-0.39, 0.29) is 11.2 Å². The van der Waals surface area contributed by atoms with Crippen LogP contribution in [0.15, 0.2) is 52.1 Å². The Labute approximate surface area is 206 Å². The molecule has 0 amide bonds. The van der Waals surface area contributed by atoms with Gasteiger partial charge in [-0.15, -0.1) is 0 Å². The van der Waals surface area contributed by atoms with Crippen LogP contribution in [0.1, 0.15) is 44.6 Å². The normalized spacial score (nSPS) is 14.7. The van der Waals surface area contributed by atoms with E-state index in [1.807, 2.05) is 36.4 Å². The zero-order valence-corrected chi connectivity index (χ0v) is 21.1. The van der Waals surface area contributed by atoms with E-state index in [9.17, 15) is 9.59 Å². The molecule has 2 heterocycles. The Balaban J connectivity index is 1.85. The summed E-state index contributed by atoms with van der Waals surface area (Å²) in [5.74, 6) is 0. The summed E-state index contributed by atoms with van der Waals surface area (Å²) in [4.78, 5) is 31.9. The lowest BCUT2D eigenvalue weighted by Crippen LogP contribution is -2.46. The molecule has 0 radical (unpaired) electrons. The predicted molar refractivity (Wildman–Crippen MR) is 141 cm³/mol. The maximum atomic E-state index is 13.8. The highest BCUT2D eigenvalue weighted by molar-refractivity contribution is 6.31. The Kier molecular flexibility index (Phi) is 8.11. The van der Waals surface area contributed by atoms with E-state index in [0.717, 1.165) is 63.1 Å². The van der Waals surface area contributed by atoms with Crippen LogP contribution in [0, 0.1) is 0 Å². The summed E-state index contributed by atoms with van der Waals surface area (Å²) < 4.78 is 3.17. The van der Waals surface area contributed by atoms with Crippen molar-refractivity contribution in [1.82, 2.24) is 14.0 Å². The molecule has 0 N–H and O–H groups in total. The zero-order chi connectivity index (χ0) is 24.1. The lowest BCUT2D eigenvalue weighted by molar-refractivity contribution is 0.313. The zero-order valence-electron chi connectivity index (χ0n) is 20.3. The minimum atomic E-state index is -0.261.